The normalized spacial score (nSPS) is 45.3. The van der Waals surface area contributed by atoms with Crippen LogP contribution in [-0.4, -0.2) is 25.6 Å². The molecule has 0 radical (unpaired) electrons. The molecule has 0 aromatic heterocycles. The number of alkyl halides is 2. The molecular weight excluding hydrogens is 428 g/mol. The Morgan fingerprint density at radius 1 is 0.697 bits per heavy atom. The van der Waals surface area contributed by atoms with E-state index in [0.29, 0.717) is 11.8 Å². The highest BCUT2D eigenvalue weighted by molar-refractivity contribution is 5.13. The third-order valence-electron chi connectivity index (χ3n) is 9.99. The molecule has 0 bridgehead atoms. The Bertz CT molecular complexity index is 650. The van der Waals surface area contributed by atoms with Gasteiger partial charge in [-0.1, -0.05) is 19.8 Å². The molecule has 6 unspecified atom stereocenters. The van der Waals surface area contributed by atoms with Gasteiger partial charge in [-0.3, -0.25) is 0 Å². The molecule has 4 aliphatic rings. The zero-order valence-electron chi connectivity index (χ0n) is 20.6. The van der Waals surface area contributed by atoms with E-state index in [4.69, 9.17) is 4.74 Å². The lowest BCUT2D eigenvalue weighted by atomic mass is 9.67. The second-order valence-corrected chi connectivity index (χ2v) is 11.8. The summed E-state index contributed by atoms with van der Waals surface area (Å²) in [4.78, 5) is 0. The van der Waals surface area contributed by atoms with Crippen molar-refractivity contribution in [3.05, 3.63) is 11.7 Å². The first-order valence-electron chi connectivity index (χ1n) is 13.7. The van der Waals surface area contributed by atoms with E-state index in [1.165, 1.54) is 0 Å². The van der Waals surface area contributed by atoms with Gasteiger partial charge in [-0.2, -0.15) is 0 Å². The van der Waals surface area contributed by atoms with Crippen LogP contribution >= 0.6 is 0 Å². The SMILES string of the molecule is COC1CCC(C2CCC(CCC3CCC(C4CCC(C)C(F)C4F)CC3)C(F)=C2F)CC1. The van der Waals surface area contributed by atoms with Crippen molar-refractivity contribution in [2.24, 2.45) is 41.4 Å². The van der Waals surface area contributed by atoms with Crippen LogP contribution in [0.15, 0.2) is 11.7 Å². The van der Waals surface area contributed by atoms with Gasteiger partial charge >= 0.3 is 0 Å². The fourth-order valence-corrected chi connectivity index (χ4v) is 7.61. The summed E-state index contributed by atoms with van der Waals surface area (Å²) in [5, 5.41) is 0. The van der Waals surface area contributed by atoms with Gasteiger partial charge in [-0.05, 0) is 107 Å². The highest BCUT2D eigenvalue weighted by atomic mass is 19.2. The lowest BCUT2D eigenvalue weighted by Gasteiger charge is -2.41. The van der Waals surface area contributed by atoms with Crippen LogP contribution in [0.3, 0.4) is 0 Å². The molecule has 3 saturated carbocycles. The minimum absolute atomic E-state index is 0.124. The lowest BCUT2D eigenvalue weighted by Crippen LogP contribution is -2.41. The van der Waals surface area contributed by atoms with E-state index in [1.54, 1.807) is 7.11 Å². The molecule has 0 aromatic rings. The molecular formula is C28H44F4O. The van der Waals surface area contributed by atoms with Crippen molar-refractivity contribution in [1.29, 1.82) is 0 Å². The van der Waals surface area contributed by atoms with E-state index in [9.17, 15) is 17.6 Å². The van der Waals surface area contributed by atoms with Gasteiger partial charge in [0.2, 0.25) is 0 Å². The van der Waals surface area contributed by atoms with E-state index >= 15 is 0 Å². The zero-order valence-corrected chi connectivity index (χ0v) is 20.6. The average molecular weight is 473 g/mol. The van der Waals surface area contributed by atoms with Crippen LogP contribution in [-0.2, 0) is 4.74 Å². The Morgan fingerprint density at radius 2 is 1.36 bits per heavy atom. The van der Waals surface area contributed by atoms with Crippen LogP contribution < -0.4 is 0 Å². The molecule has 0 N–H and O–H groups in total. The molecule has 33 heavy (non-hydrogen) atoms. The smallest absolute Gasteiger partial charge is 0.135 e. The van der Waals surface area contributed by atoms with E-state index in [-0.39, 0.29) is 35.7 Å². The van der Waals surface area contributed by atoms with Gasteiger partial charge in [0.15, 0.2) is 0 Å². The molecule has 6 atom stereocenters. The van der Waals surface area contributed by atoms with Gasteiger partial charge in [0.1, 0.15) is 24.0 Å². The summed E-state index contributed by atoms with van der Waals surface area (Å²) in [5.41, 5.74) is 0. The predicted octanol–water partition coefficient (Wildman–Crippen LogP) is 8.68. The molecule has 0 aliphatic heterocycles. The molecule has 0 amide bonds. The Kier molecular flexibility index (Phi) is 8.84. The van der Waals surface area contributed by atoms with Crippen molar-refractivity contribution in [3.63, 3.8) is 0 Å². The van der Waals surface area contributed by atoms with Gasteiger partial charge in [0.05, 0.1) is 6.10 Å². The number of hydrogen-bond acceptors (Lipinski definition) is 1. The fraction of sp³-hybridized carbons (Fsp3) is 0.929. The Balaban J connectivity index is 1.22. The molecule has 0 spiro atoms. The maximum Gasteiger partial charge on any atom is 0.135 e. The van der Waals surface area contributed by atoms with Crippen molar-refractivity contribution in [1.82, 2.24) is 0 Å². The van der Waals surface area contributed by atoms with Gasteiger partial charge in [0, 0.05) is 18.9 Å². The first-order valence-corrected chi connectivity index (χ1v) is 13.7. The van der Waals surface area contributed by atoms with Crippen molar-refractivity contribution < 1.29 is 22.3 Å². The number of methoxy groups -OCH3 is 1. The van der Waals surface area contributed by atoms with Crippen LogP contribution in [0.1, 0.15) is 96.8 Å². The Morgan fingerprint density at radius 3 is 2.03 bits per heavy atom. The second-order valence-electron chi connectivity index (χ2n) is 11.8. The summed E-state index contributed by atoms with van der Waals surface area (Å²) in [6, 6.07) is 0. The number of halogens is 4. The van der Waals surface area contributed by atoms with Gasteiger partial charge in [-0.15, -0.1) is 0 Å². The van der Waals surface area contributed by atoms with Gasteiger partial charge < -0.3 is 4.74 Å². The number of allylic oxidation sites excluding steroid dienone is 2. The molecule has 0 heterocycles. The predicted molar refractivity (Wildman–Crippen MR) is 125 cm³/mol. The highest BCUT2D eigenvalue weighted by Crippen LogP contribution is 2.47. The molecule has 1 nitrogen and oxygen atoms in total. The first kappa shape index (κ1) is 25.5. The van der Waals surface area contributed by atoms with E-state index in [2.05, 4.69) is 0 Å². The molecule has 0 aromatic carbocycles. The second kappa shape index (κ2) is 11.4. The van der Waals surface area contributed by atoms with Crippen molar-refractivity contribution in [2.45, 2.75) is 115 Å². The lowest BCUT2D eigenvalue weighted by molar-refractivity contribution is -0.00685. The largest absolute Gasteiger partial charge is 0.381 e. The van der Waals surface area contributed by atoms with Crippen LogP contribution in [0, 0.1) is 41.4 Å². The maximum atomic E-state index is 15.0. The summed E-state index contributed by atoms with van der Waals surface area (Å²) in [6.45, 7) is 1.82. The fourth-order valence-electron chi connectivity index (χ4n) is 7.61. The molecule has 5 heteroatoms. The van der Waals surface area contributed by atoms with Gasteiger partial charge in [0.25, 0.3) is 0 Å². The summed E-state index contributed by atoms with van der Waals surface area (Å²) < 4.78 is 64.1. The van der Waals surface area contributed by atoms with Crippen LogP contribution in [0.2, 0.25) is 0 Å². The zero-order chi connectivity index (χ0) is 23.5. The molecule has 3 fully saturated rings. The third-order valence-corrected chi connectivity index (χ3v) is 9.99. The standard InChI is InChI=1S/C28H44F4O/c1-17-3-15-23(27(31)25(17)29)19-7-4-18(5-8-19)6-9-21-12-16-24(28(32)26(21)30)20-10-13-22(33-2)14-11-20/h17-25,27H,3-16H2,1-2H3. The number of ether oxygens (including phenoxy) is 1. The average Bonchev–Trinajstić information content (AvgIpc) is 2.84. The monoisotopic (exact) mass is 472 g/mol. The van der Waals surface area contributed by atoms with Crippen molar-refractivity contribution >= 4 is 0 Å². The molecule has 4 aliphatic carbocycles. The summed E-state index contributed by atoms with van der Waals surface area (Å²) in [6.07, 6.45) is 10.2. The van der Waals surface area contributed by atoms with Crippen LogP contribution in [0.4, 0.5) is 17.6 Å². The summed E-state index contributed by atoms with van der Waals surface area (Å²) >= 11 is 0. The minimum Gasteiger partial charge on any atom is -0.381 e. The highest BCUT2D eigenvalue weighted by Gasteiger charge is 2.43. The van der Waals surface area contributed by atoms with Gasteiger partial charge in [-0.25, -0.2) is 17.6 Å². The number of rotatable bonds is 6. The quantitative estimate of drug-likeness (QED) is 0.351. The molecule has 4 rings (SSSR count). The third kappa shape index (κ3) is 5.81. The van der Waals surface area contributed by atoms with Crippen LogP contribution in [0.25, 0.3) is 0 Å². The Labute approximate surface area is 198 Å². The molecule has 190 valence electrons. The van der Waals surface area contributed by atoms with Crippen LogP contribution in [0.5, 0.6) is 0 Å². The Hall–Kier alpha value is -0.580. The number of hydrogen-bond donors (Lipinski definition) is 0. The van der Waals surface area contributed by atoms with E-state index in [1.807, 2.05) is 6.92 Å². The topological polar surface area (TPSA) is 9.23 Å². The summed E-state index contributed by atoms with van der Waals surface area (Å²) in [5.74, 6) is -0.661. The van der Waals surface area contributed by atoms with Crippen molar-refractivity contribution in [3.8, 4) is 0 Å². The van der Waals surface area contributed by atoms with Crippen molar-refractivity contribution in [2.75, 3.05) is 7.11 Å². The molecule has 0 saturated heterocycles. The first-order chi connectivity index (χ1) is 15.9. The summed E-state index contributed by atoms with van der Waals surface area (Å²) in [7, 11) is 1.73. The maximum absolute atomic E-state index is 15.0. The minimum atomic E-state index is -1.31. The van der Waals surface area contributed by atoms with E-state index in [0.717, 1.165) is 89.9 Å². The van der Waals surface area contributed by atoms with E-state index < -0.39 is 24.0 Å².